The molecule has 1 saturated heterocycles. The Hall–Kier alpha value is -0.980. The first-order valence-corrected chi connectivity index (χ1v) is 13.1. The van der Waals surface area contributed by atoms with Gasteiger partial charge in [0, 0.05) is 7.11 Å². The summed E-state index contributed by atoms with van der Waals surface area (Å²) in [7, 11) is -8.68. The van der Waals surface area contributed by atoms with Crippen LogP contribution in [0.15, 0.2) is 60.7 Å². The number of benzene rings is 2. The molecule has 12 nitrogen and oxygen atoms in total. The van der Waals surface area contributed by atoms with E-state index in [2.05, 4.69) is 4.18 Å². The van der Waals surface area contributed by atoms with E-state index in [-0.39, 0.29) is 42.8 Å². The van der Waals surface area contributed by atoms with Gasteiger partial charge in [-0.1, -0.05) is 60.7 Å². The van der Waals surface area contributed by atoms with Crippen LogP contribution in [-0.4, -0.2) is 70.4 Å². The summed E-state index contributed by atoms with van der Waals surface area (Å²) in [6, 6.07) is 17.9. The van der Waals surface area contributed by atoms with Crippen LogP contribution in [0.3, 0.4) is 0 Å². The monoisotopic (exact) mass is 557 g/mol. The van der Waals surface area contributed by atoms with Crippen LogP contribution in [0.2, 0.25) is 0 Å². The second-order valence-corrected chi connectivity index (χ2v) is 9.64. The number of methoxy groups -OCH3 is 1. The topological polar surface area (TPSA) is 164 Å². The van der Waals surface area contributed by atoms with Crippen molar-refractivity contribution in [1.82, 2.24) is 0 Å². The standard InChI is InChI=1S/C21H26O12S2.Na/c1-28-21-20(30-13-16-10-6-3-7-11-16)19(29-12-15-8-4-2-5-9-15)18(33-35(25,26)27)17(32-21)14-31-34(22,23)24;/h2-11,17-21H,12-14H2,1H3,(H,22,23,24)(H,25,26,27);/q;+1/t17-,18-,19+,20-,21-;/m1./s1. The fourth-order valence-electron chi connectivity index (χ4n) is 3.51. The van der Waals surface area contributed by atoms with Gasteiger partial charge in [0.25, 0.3) is 0 Å². The van der Waals surface area contributed by atoms with Crippen molar-refractivity contribution in [2.75, 3.05) is 13.7 Å². The summed E-state index contributed by atoms with van der Waals surface area (Å²) in [5.74, 6) is 0. The Labute approximate surface area is 232 Å². The molecule has 1 aliphatic rings. The smallest absolute Gasteiger partial charge is 0.368 e. The van der Waals surface area contributed by atoms with Crippen molar-refractivity contribution < 1.29 is 82.8 Å². The van der Waals surface area contributed by atoms with Gasteiger partial charge >= 0.3 is 50.4 Å². The molecule has 1 fully saturated rings. The van der Waals surface area contributed by atoms with Crippen LogP contribution >= 0.6 is 0 Å². The average molecular weight is 558 g/mol. The van der Waals surface area contributed by atoms with Crippen molar-refractivity contribution in [3.05, 3.63) is 71.8 Å². The summed E-state index contributed by atoms with van der Waals surface area (Å²) in [5, 5.41) is 0. The molecule has 0 bridgehead atoms. The molecule has 0 aliphatic carbocycles. The van der Waals surface area contributed by atoms with Crippen LogP contribution in [0.5, 0.6) is 0 Å². The average Bonchev–Trinajstić information content (AvgIpc) is 2.81. The van der Waals surface area contributed by atoms with Gasteiger partial charge in [-0.3, -0.25) is 9.11 Å². The predicted octanol–water partition coefficient (Wildman–Crippen LogP) is -1.46. The molecular weight excluding hydrogens is 531 g/mol. The van der Waals surface area contributed by atoms with E-state index in [4.69, 9.17) is 27.7 Å². The third-order valence-corrected chi connectivity index (χ3v) is 5.91. The predicted molar refractivity (Wildman–Crippen MR) is 120 cm³/mol. The summed E-state index contributed by atoms with van der Waals surface area (Å²) in [6.45, 7) is -0.829. The van der Waals surface area contributed by atoms with Crippen molar-refractivity contribution in [2.24, 2.45) is 0 Å². The molecule has 0 unspecified atom stereocenters. The number of rotatable bonds is 12. The second-order valence-electron chi connectivity index (χ2n) is 7.50. The van der Waals surface area contributed by atoms with Gasteiger partial charge in [0.1, 0.15) is 24.4 Å². The van der Waals surface area contributed by atoms with Crippen molar-refractivity contribution in [1.29, 1.82) is 0 Å². The van der Waals surface area contributed by atoms with Crippen molar-refractivity contribution in [2.45, 2.75) is 43.9 Å². The molecular formula is C21H26NaO12S2+. The zero-order valence-corrected chi connectivity index (χ0v) is 23.2. The normalized spacial score (nSPS) is 24.7. The molecule has 15 heteroatoms. The van der Waals surface area contributed by atoms with Gasteiger partial charge in [-0.05, 0) is 11.1 Å². The Morgan fingerprint density at radius 2 is 1.28 bits per heavy atom. The van der Waals surface area contributed by atoms with E-state index in [1.54, 1.807) is 54.6 Å². The van der Waals surface area contributed by atoms with E-state index in [0.29, 0.717) is 0 Å². The first kappa shape index (κ1) is 31.2. The van der Waals surface area contributed by atoms with Crippen LogP contribution in [0.25, 0.3) is 0 Å². The SMILES string of the molecule is CO[C@@H]1O[C@H](COS(=O)(=O)O)[C@@H](OS(=O)(=O)O)[C@H](OCc2ccccc2)[C@H]1OCc1ccccc1.[Na+]. The molecule has 36 heavy (non-hydrogen) atoms. The molecule has 0 amide bonds. The largest absolute Gasteiger partial charge is 1.00 e. The van der Waals surface area contributed by atoms with Gasteiger partial charge in [-0.25, -0.2) is 8.37 Å². The molecule has 2 N–H and O–H groups in total. The second kappa shape index (κ2) is 14.2. The van der Waals surface area contributed by atoms with Gasteiger partial charge in [0.15, 0.2) is 6.29 Å². The van der Waals surface area contributed by atoms with E-state index < -0.39 is 58.1 Å². The fraction of sp³-hybridized carbons (Fsp3) is 0.429. The van der Waals surface area contributed by atoms with Crippen LogP contribution < -0.4 is 29.6 Å². The van der Waals surface area contributed by atoms with E-state index in [9.17, 15) is 21.4 Å². The van der Waals surface area contributed by atoms with Crippen molar-refractivity contribution in [3.8, 4) is 0 Å². The van der Waals surface area contributed by atoms with Crippen molar-refractivity contribution in [3.63, 3.8) is 0 Å². The molecule has 0 saturated carbocycles. The minimum Gasteiger partial charge on any atom is -0.368 e. The Morgan fingerprint density at radius 3 is 1.72 bits per heavy atom. The Balaban J connectivity index is 0.00000456. The zero-order valence-electron chi connectivity index (χ0n) is 19.6. The Morgan fingerprint density at radius 1 is 0.778 bits per heavy atom. The molecule has 1 heterocycles. The fourth-order valence-corrected chi connectivity index (χ4v) is 4.33. The quantitative estimate of drug-likeness (QED) is 0.231. The summed E-state index contributed by atoms with van der Waals surface area (Å²) in [5.41, 5.74) is 1.51. The van der Waals surface area contributed by atoms with Crippen LogP contribution in [0, 0.1) is 0 Å². The Bertz CT molecular complexity index is 1130. The summed E-state index contributed by atoms with van der Waals surface area (Å²) in [4.78, 5) is 0. The first-order chi connectivity index (χ1) is 16.6. The third-order valence-electron chi connectivity index (χ3n) is 5.01. The summed E-state index contributed by atoms with van der Waals surface area (Å²) < 4.78 is 96.0. The molecule has 0 spiro atoms. The number of hydrogen-bond acceptors (Lipinski definition) is 10. The molecule has 0 aromatic heterocycles. The van der Waals surface area contributed by atoms with Crippen LogP contribution in [0.1, 0.15) is 11.1 Å². The molecule has 1 aliphatic heterocycles. The first-order valence-electron chi connectivity index (χ1n) is 10.3. The number of ether oxygens (including phenoxy) is 4. The zero-order chi connectivity index (χ0) is 25.5. The van der Waals surface area contributed by atoms with Crippen LogP contribution in [0.4, 0.5) is 0 Å². The molecule has 0 radical (unpaired) electrons. The van der Waals surface area contributed by atoms with Crippen LogP contribution in [-0.2, 0) is 61.3 Å². The molecule has 2 aromatic rings. The minimum absolute atomic E-state index is 0. The van der Waals surface area contributed by atoms with Gasteiger partial charge in [-0.2, -0.15) is 16.8 Å². The number of hydrogen-bond donors (Lipinski definition) is 2. The summed E-state index contributed by atoms with van der Waals surface area (Å²) in [6.07, 6.45) is -6.63. The van der Waals surface area contributed by atoms with Crippen molar-refractivity contribution >= 4 is 20.8 Å². The maximum atomic E-state index is 11.6. The maximum absolute atomic E-state index is 11.6. The minimum atomic E-state index is -5.06. The maximum Gasteiger partial charge on any atom is 1.00 e. The van der Waals surface area contributed by atoms with E-state index >= 15 is 0 Å². The molecule has 5 atom stereocenters. The van der Waals surface area contributed by atoms with E-state index in [0.717, 1.165) is 11.1 Å². The van der Waals surface area contributed by atoms with E-state index in [1.165, 1.54) is 7.11 Å². The van der Waals surface area contributed by atoms with Gasteiger partial charge in [-0.15, -0.1) is 0 Å². The van der Waals surface area contributed by atoms with E-state index in [1.807, 2.05) is 6.07 Å². The van der Waals surface area contributed by atoms with Gasteiger partial charge in [0.2, 0.25) is 0 Å². The van der Waals surface area contributed by atoms with Gasteiger partial charge < -0.3 is 18.9 Å². The molecule has 194 valence electrons. The third kappa shape index (κ3) is 10.1. The molecule has 2 aromatic carbocycles. The Kier molecular flexibility index (Phi) is 12.4. The van der Waals surface area contributed by atoms with Gasteiger partial charge in [0.05, 0.1) is 19.8 Å². The summed E-state index contributed by atoms with van der Waals surface area (Å²) >= 11 is 0. The molecule has 3 rings (SSSR count).